The van der Waals surface area contributed by atoms with Gasteiger partial charge in [-0.1, -0.05) is 12.1 Å². The minimum atomic E-state index is 0.367. The Labute approximate surface area is 158 Å². The van der Waals surface area contributed by atoms with Gasteiger partial charge in [0.25, 0.3) is 0 Å². The van der Waals surface area contributed by atoms with E-state index in [2.05, 4.69) is 49.6 Å². The van der Waals surface area contributed by atoms with E-state index in [1.165, 1.54) is 11.9 Å². The number of aryl methyl sites for hydroxylation is 1. The SMILES string of the molecule is CO[C@H]1CC[C@H](Nc2ncc3ncnc(Nc4cccc(C)c4)c3n2)CC1. The molecular weight excluding hydrogens is 340 g/mol. The van der Waals surface area contributed by atoms with Crippen molar-refractivity contribution in [1.29, 1.82) is 0 Å². The molecule has 0 amide bonds. The number of rotatable bonds is 5. The van der Waals surface area contributed by atoms with Gasteiger partial charge in [0, 0.05) is 18.8 Å². The van der Waals surface area contributed by atoms with Crippen LogP contribution in [-0.4, -0.2) is 39.2 Å². The van der Waals surface area contributed by atoms with E-state index < -0.39 is 0 Å². The fourth-order valence-corrected chi connectivity index (χ4v) is 3.50. The van der Waals surface area contributed by atoms with Gasteiger partial charge in [0.05, 0.1) is 12.3 Å². The lowest BCUT2D eigenvalue weighted by molar-refractivity contribution is 0.0681. The summed E-state index contributed by atoms with van der Waals surface area (Å²) in [6.45, 7) is 2.06. The van der Waals surface area contributed by atoms with Crippen LogP contribution in [0.15, 0.2) is 36.8 Å². The lowest BCUT2D eigenvalue weighted by Gasteiger charge is -2.28. The van der Waals surface area contributed by atoms with Crippen LogP contribution in [0.5, 0.6) is 0 Å². The minimum absolute atomic E-state index is 0.367. The Hall–Kier alpha value is -2.80. The van der Waals surface area contributed by atoms with Crippen LogP contribution in [0.4, 0.5) is 17.5 Å². The maximum Gasteiger partial charge on any atom is 0.223 e. The van der Waals surface area contributed by atoms with Crippen molar-refractivity contribution >= 4 is 28.5 Å². The third-order valence-corrected chi connectivity index (χ3v) is 5.00. The summed E-state index contributed by atoms with van der Waals surface area (Å²) in [6, 6.07) is 8.52. The molecule has 0 radical (unpaired) electrons. The van der Waals surface area contributed by atoms with E-state index in [1.807, 2.05) is 12.1 Å². The third kappa shape index (κ3) is 4.14. The lowest BCUT2D eigenvalue weighted by Crippen LogP contribution is -2.29. The average Bonchev–Trinajstić information content (AvgIpc) is 2.69. The van der Waals surface area contributed by atoms with Crippen molar-refractivity contribution in [3.63, 3.8) is 0 Å². The first-order valence-electron chi connectivity index (χ1n) is 9.32. The highest BCUT2D eigenvalue weighted by atomic mass is 16.5. The number of benzene rings is 1. The summed E-state index contributed by atoms with van der Waals surface area (Å²) in [5.41, 5.74) is 3.58. The lowest BCUT2D eigenvalue weighted by atomic mass is 9.93. The van der Waals surface area contributed by atoms with Crippen LogP contribution >= 0.6 is 0 Å². The Bertz CT molecular complexity index is 923. The van der Waals surface area contributed by atoms with Crippen LogP contribution < -0.4 is 10.6 Å². The quantitative estimate of drug-likeness (QED) is 0.711. The Morgan fingerprint density at radius 1 is 1.07 bits per heavy atom. The zero-order valence-corrected chi connectivity index (χ0v) is 15.6. The maximum atomic E-state index is 5.44. The fourth-order valence-electron chi connectivity index (χ4n) is 3.50. The van der Waals surface area contributed by atoms with Gasteiger partial charge < -0.3 is 15.4 Å². The highest BCUT2D eigenvalue weighted by molar-refractivity contribution is 5.87. The minimum Gasteiger partial charge on any atom is -0.381 e. The molecular formula is C20H24N6O. The van der Waals surface area contributed by atoms with Crippen molar-refractivity contribution in [2.24, 2.45) is 0 Å². The summed E-state index contributed by atoms with van der Waals surface area (Å²) in [4.78, 5) is 17.8. The molecule has 0 unspecified atom stereocenters. The summed E-state index contributed by atoms with van der Waals surface area (Å²) in [5, 5.41) is 6.80. The van der Waals surface area contributed by atoms with Gasteiger partial charge >= 0.3 is 0 Å². The molecule has 3 aromatic rings. The van der Waals surface area contributed by atoms with E-state index >= 15 is 0 Å². The molecule has 1 aliphatic rings. The van der Waals surface area contributed by atoms with E-state index in [0.717, 1.165) is 31.4 Å². The second kappa shape index (κ2) is 7.84. The molecule has 140 valence electrons. The van der Waals surface area contributed by atoms with Gasteiger partial charge in [-0.25, -0.2) is 19.9 Å². The zero-order chi connectivity index (χ0) is 18.6. The number of ether oxygens (including phenoxy) is 1. The molecule has 0 atom stereocenters. The van der Waals surface area contributed by atoms with Gasteiger partial charge in [0.15, 0.2) is 5.82 Å². The van der Waals surface area contributed by atoms with E-state index in [1.54, 1.807) is 13.3 Å². The molecule has 0 saturated heterocycles. The average molecular weight is 364 g/mol. The predicted octanol–water partition coefficient (Wildman–Crippen LogP) is 3.84. The van der Waals surface area contributed by atoms with Gasteiger partial charge in [-0.15, -0.1) is 0 Å². The summed E-state index contributed by atoms with van der Waals surface area (Å²) in [6.07, 6.45) is 7.88. The smallest absolute Gasteiger partial charge is 0.223 e. The van der Waals surface area contributed by atoms with Crippen LogP contribution in [0.3, 0.4) is 0 Å². The first-order valence-corrected chi connectivity index (χ1v) is 9.32. The first-order chi connectivity index (χ1) is 13.2. The van der Waals surface area contributed by atoms with Crippen molar-refractivity contribution < 1.29 is 4.74 Å². The molecule has 0 bridgehead atoms. The Balaban J connectivity index is 1.56. The molecule has 4 rings (SSSR count). The Morgan fingerprint density at radius 3 is 2.70 bits per heavy atom. The molecule has 2 aromatic heterocycles. The van der Waals surface area contributed by atoms with Crippen molar-refractivity contribution in [2.75, 3.05) is 17.7 Å². The molecule has 2 heterocycles. The monoisotopic (exact) mass is 364 g/mol. The number of hydrogen-bond donors (Lipinski definition) is 2. The molecule has 1 aromatic carbocycles. The largest absolute Gasteiger partial charge is 0.381 e. The molecule has 1 aliphatic carbocycles. The van der Waals surface area contributed by atoms with Crippen LogP contribution in [0.1, 0.15) is 31.2 Å². The van der Waals surface area contributed by atoms with Crippen LogP contribution in [-0.2, 0) is 4.74 Å². The van der Waals surface area contributed by atoms with Crippen molar-refractivity contribution in [1.82, 2.24) is 19.9 Å². The maximum absolute atomic E-state index is 5.44. The van der Waals surface area contributed by atoms with Gasteiger partial charge in [-0.2, -0.15) is 0 Å². The van der Waals surface area contributed by atoms with Crippen LogP contribution in [0.2, 0.25) is 0 Å². The normalized spacial score (nSPS) is 19.8. The number of hydrogen-bond acceptors (Lipinski definition) is 7. The second-order valence-electron chi connectivity index (χ2n) is 7.00. The van der Waals surface area contributed by atoms with E-state index in [4.69, 9.17) is 4.74 Å². The highest BCUT2D eigenvalue weighted by Gasteiger charge is 2.21. The highest BCUT2D eigenvalue weighted by Crippen LogP contribution is 2.25. The second-order valence-corrected chi connectivity index (χ2v) is 7.00. The van der Waals surface area contributed by atoms with Gasteiger partial charge in [-0.3, -0.25) is 0 Å². The molecule has 2 N–H and O–H groups in total. The summed E-state index contributed by atoms with van der Waals surface area (Å²) in [5.74, 6) is 1.30. The molecule has 1 saturated carbocycles. The number of fused-ring (bicyclic) bond motifs is 1. The molecule has 0 spiro atoms. The topological polar surface area (TPSA) is 84.8 Å². The summed E-state index contributed by atoms with van der Waals surface area (Å²) < 4.78 is 5.44. The van der Waals surface area contributed by atoms with Gasteiger partial charge in [0.2, 0.25) is 5.95 Å². The molecule has 27 heavy (non-hydrogen) atoms. The first kappa shape index (κ1) is 17.6. The van der Waals surface area contributed by atoms with E-state index in [0.29, 0.717) is 34.9 Å². The van der Waals surface area contributed by atoms with Crippen LogP contribution in [0, 0.1) is 6.92 Å². The van der Waals surface area contributed by atoms with E-state index in [9.17, 15) is 0 Å². The number of anilines is 3. The summed E-state index contributed by atoms with van der Waals surface area (Å²) in [7, 11) is 1.79. The molecule has 1 fully saturated rings. The number of nitrogens with zero attached hydrogens (tertiary/aromatic N) is 4. The number of methoxy groups -OCH3 is 1. The van der Waals surface area contributed by atoms with Crippen LogP contribution in [0.25, 0.3) is 11.0 Å². The number of nitrogens with one attached hydrogen (secondary N) is 2. The molecule has 7 heteroatoms. The zero-order valence-electron chi connectivity index (χ0n) is 15.6. The predicted molar refractivity (Wildman–Crippen MR) is 106 cm³/mol. The van der Waals surface area contributed by atoms with Crippen molar-refractivity contribution in [3.05, 3.63) is 42.4 Å². The Morgan fingerprint density at radius 2 is 1.93 bits per heavy atom. The number of aromatic nitrogens is 4. The van der Waals surface area contributed by atoms with Gasteiger partial charge in [-0.05, 0) is 50.3 Å². The fraction of sp³-hybridized carbons (Fsp3) is 0.400. The third-order valence-electron chi connectivity index (χ3n) is 5.00. The summed E-state index contributed by atoms with van der Waals surface area (Å²) >= 11 is 0. The Kier molecular flexibility index (Phi) is 5.11. The van der Waals surface area contributed by atoms with E-state index in [-0.39, 0.29) is 0 Å². The van der Waals surface area contributed by atoms with Crippen molar-refractivity contribution in [3.8, 4) is 0 Å². The van der Waals surface area contributed by atoms with Gasteiger partial charge in [0.1, 0.15) is 17.4 Å². The standard InChI is InChI=1S/C20H24N6O/c1-13-4-3-5-15(10-13)24-19-18-17(22-12-23-19)11-21-20(26-18)25-14-6-8-16(27-2)9-7-14/h3-5,10-12,14,16H,6-9H2,1-2H3,(H,21,25,26)(H,22,23,24)/t14-,16-. The van der Waals surface area contributed by atoms with Crippen molar-refractivity contribution in [2.45, 2.75) is 44.8 Å². The molecule has 0 aliphatic heterocycles. The molecule has 7 nitrogen and oxygen atoms in total.